The van der Waals surface area contributed by atoms with Gasteiger partial charge in [-0.1, -0.05) is 6.92 Å². The van der Waals surface area contributed by atoms with Gasteiger partial charge in [0.05, 0.1) is 7.11 Å². The maximum Gasteiger partial charge on any atom is 0.139 e. The molecule has 1 aromatic heterocycles. The van der Waals surface area contributed by atoms with Gasteiger partial charge in [0.25, 0.3) is 0 Å². The number of rotatable bonds is 5. The summed E-state index contributed by atoms with van der Waals surface area (Å²) in [5.41, 5.74) is 3.13. The molecule has 0 fully saturated rings. The maximum absolute atomic E-state index is 5.23. The molecule has 112 valence electrons. The van der Waals surface area contributed by atoms with E-state index >= 15 is 0 Å². The zero-order valence-electron chi connectivity index (χ0n) is 13.2. The molecule has 0 aliphatic rings. The SMILES string of the molecule is CCc1nc(NC)c(C)c(Nc2ccc(OC)cc2C)n1. The van der Waals surface area contributed by atoms with Crippen molar-refractivity contribution in [2.75, 3.05) is 24.8 Å². The molecule has 0 saturated heterocycles. The van der Waals surface area contributed by atoms with E-state index in [1.807, 2.05) is 46.0 Å². The Balaban J connectivity index is 2.39. The van der Waals surface area contributed by atoms with Crippen LogP contribution in [0, 0.1) is 13.8 Å². The van der Waals surface area contributed by atoms with E-state index in [0.717, 1.165) is 46.4 Å². The summed E-state index contributed by atoms with van der Waals surface area (Å²) in [7, 11) is 3.54. The van der Waals surface area contributed by atoms with Crippen LogP contribution in [0.2, 0.25) is 0 Å². The van der Waals surface area contributed by atoms with Crippen LogP contribution in [0.15, 0.2) is 18.2 Å². The van der Waals surface area contributed by atoms with Gasteiger partial charge in [0.1, 0.15) is 23.2 Å². The van der Waals surface area contributed by atoms with Crippen LogP contribution >= 0.6 is 0 Å². The fourth-order valence-electron chi connectivity index (χ4n) is 2.12. The van der Waals surface area contributed by atoms with Crippen LogP contribution < -0.4 is 15.4 Å². The van der Waals surface area contributed by atoms with Crippen molar-refractivity contribution in [3.8, 4) is 5.75 Å². The number of anilines is 3. The Kier molecular flexibility index (Phi) is 4.62. The number of nitrogens with one attached hydrogen (secondary N) is 2. The Bertz CT molecular complexity index is 640. The number of methoxy groups -OCH3 is 1. The highest BCUT2D eigenvalue weighted by Gasteiger charge is 2.10. The van der Waals surface area contributed by atoms with E-state index in [1.165, 1.54) is 0 Å². The Labute approximate surface area is 125 Å². The second-order valence-electron chi connectivity index (χ2n) is 4.87. The number of aromatic nitrogens is 2. The van der Waals surface area contributed by atoms with Crippen LogP contribution in [0.25, 0.3) is 0 Å². The number of hydrogen-bond donors (Lipinski definition) is 2. The van der Waals surface area contributed by atoms with Crippen molar-refractivity contribution >= 4 is 17.3 Å². The Morgan fingerprint density at radius 2 is 1.86 bits per heavy atom. The molecular weight excluding hydrogens is 264 g/mol. The molecule has 0 spiro atoms. The molecule has 0 aliphatic heterocycles. The van der Waals surface area contributed by atoms with Gasteiger partial charge in [-0.25, -0.2) is 9.97 Å². The van der Waals surface area contributed by atoms with Crippen molar-refractivity contribution in [3.63, 3.8) is 0 Å². The van der Waals surface area contributed by atoms with Gasteiger partial charge >= 0.3 is 0 Å². The number of nitrogens with zero attached hydrogens (tertiary/aromatic N) is 2. The van der Waals surface area contributed by atoms with Gasteiger partial charge in [-0.05, 0) is 37.6 Å². The van der Waals surface area contributed by atoms with Crippen molar-refractivity contribution in [1.29, 1.82) is 0 Å². The third-order valence-electron chi connectivity index (χ3n) is 3.43. The molecule has 0 amide bonds. The van der Waals surface area contributed by atoms with Crippen molar-refractivity contribution in [2.45, 2.75) is 27.2 Å². The van der Waals surface area contributed by atoms with E-state index < -0.39 is 0 Å². The van der Waals surface area contributed by atoms with E-state index in [2.05, 4.69) is 20.6 Å². The molecule has 0 bridgehead atoms. The lowest BCUT2D eigenvalue weighted by molar-refractivity contribution is 0.414. The zero-order chi connectivity index (χ0) is 15.4. The first-order valence-corrected chi connectivity index (χ1v) is 7.06. The molecule has 1 heterocycles. The van der Waals surface area contributed by atoms with Crippen LogP contribution in [0.1, 0.15) is 23.9 Å². The summed E-state index contributed by atoms with van der Waals surface area (Å²) in [6.45, 7) is 6.10. The minimum Gasteiger partial charge on any atom is -0.497 e. The average Bonchev–Trinajstić information content (AvgIpc) is 2.50. The summed E-state index contributed by atoms with van der Waals surface area (Å²) >= 11 is 0. The molecule has 0 atom stereocenters. The highest BCUT2D eigenvalue weighted by Crippen LogP contribution is 2.27. The molecule has 1 aromatic carbocycles. The smallest absolute Gasteiger partial charge is 0.139 e. The minimum absolute atomic E-state index is 0.797. The first-order valence-electron chi connectivity index (χ1n) is 7.06. The zero-order valence-corrected chi connectivity index (χ0v) is 13.2. The second kappa shape index (κ2) is 6.43. The quantitative estimate of drug-likeness (QED) is 0.881. The van der Waals surface area contributed by atoms with Crippen molar-refractivity contribution in [3.05, 3.63) is 35.2 Å². The highest BCUT2D eigenvalue weighted by molar-refractivity contribution is 5.67. The molecule has 5 nitrogen and oxygen atoms in total. The third-order valence-corrected chi connectivity index (χ3v) is 3.43. The third kappa shape index (κ3) is 3.24. The lowest BCUT2D eigenvalue weighted by atomic mass is 10.2. The van der Waals surface area contributed by atoms with Crippen molar-refractivity contribution in [1.82, 2.24) is 9.97 Å². The summed E-state index contributed by atoms with van der Waals surface area (Å²) < 4.78 is 5.23. The Morgan fingerprint density at radius 1 is 1.14 bits per heavy atom. The molecule has 2 rings (SSSR count). The van der Waals surface area contributed by atoms with Gasteiger partial charge < -0.3 is 15.4 Å². The summed E-state index contributed by atoms with van der Waals surface area (Å²) in [6.07, 6.45) is 0.797. The van der Waals surface area contributed by atoms with Gasteiger partial charge in [-0.2, -0.15) is 0 Å². The standard InChI is InChI=1S/C16H22N4O/c1-6-14-19-15(17-4)11(3)16(20-14)18-13-8-7-12(21-5)9-10(13)2/h7-9H,6H2,1-5H3,(H2,17,18,19,20). The largest absolute Gasteiger partial charge is 0.497 e. The lowest BCUT2D eigenvalue weighted by Crippen LogP contribution is -2.07. The average molecular weight is 286 g/mol. The van der Waals surface area contributed by atoms with Crippen LogP contribution in [0.4, 0.5) is 17.3 Å². The number of benzene rings is 1. The number of aryl methyl sites for hydroxylation is 2. The predicted octanol–water partition coefficient (Wildman–Crippen LogP) is 3.45. The molecule has 0 radical (unpaired) electrons. The fourth-order valence-corrected chi connectivity index (χ4v) is 2.12. The maximum atomic E-state index is 5.23. The lowest BCUT2D eigenvalue weighted by Gasteiger charge is -2.15. The normalized spacial score (nSPS) is 10.3. The first-order chi connectivity index (χ1) is 10.1. The molecule has 0 aliphatic carbocycles. The monoisotopic (exact) mass is 286 g/mol. The molecular formula is C16H22N4O. The Morgan fingerprint density at radius 3 is 2.43 bits per heavy atom. The molecule has 2 aromatic rings. The highest BCUT2D eigenvalue weighted by atomic mass is 16.5. The molecule has 21 heavy (non-hydrogen) atoms. The molecule has 0 saturated carbocycles. The van der Waals surface area contributed by atoms with E-state index in [9.17, 15) is 0 Å². The van der Waals surface area contributed by atoms with Crippen LogP contribution in [0.5, 0.6) is 5.75 Å². The van der Waals surface area contributed by atoms with Gasteiger partial charge in [0.15, 0.2) is 0 Å². The van der Waals surface area contributed by atoms with Gasteiger partial charge in [0, 0.05) is 24.7 Å². The molecule has 0 unspecified atom stereocenters. The van der Waals surface area contributed by atoms with Crippen LogP contribution in [0.3, 0.4) is 0 Å². The topological polar surface area (TPSA) is 59.1 Å². The molecule has 5 heteroatoms. The van der Waals surface area contributed by atoms with Gasteiger partial charge in [-0.3, -0.25) is 0 Å². The van der Waals surface area contributed by atoms with Crippen LogP contribution in [-0.2, 0) is 6.42 Å². The number of ether oxygens (including phenoxy) is 1. The summed E-state index contributed by atoms with van der Waals surface area (Å²) in [6, 6.07) is 5.94. The van der Waals surface area contributed by atoms with Crippen molar-refractivity contribution < 1.29 is 4.74 Å². The summed E-state index contributed by atoms with van der Waals surface area (Å²) in [5, 5.41) is 6.51. The number of hydrogen-bond acceptors (Lipinski definition) is 5. The van der Waals surface area contributed by atoms with E-state index in [-0.39, 0.29) is 0 Å². The van der Waals surface area contributed by atoms with Gasteiger partial charge in [-0.15, -0.1) is 0 Å². The summed E-state index contributed by atoms with van der Waals surface area (Å²) in [5.74, 6) is 3.36. The Hall–Kier alpha value is -2.30. The van der Waals surface area contributed by atoms with Gasteiger partial charge in [0.2, 0.25) is 0 Å². The summed E-state index contributed by atoms with van der Waals surface area (Å²) in [4.78, 5) is 9.06. The van der Waals surface area contributed by atoms with E-state index in [4.69, 9.17) is 4.74 Å². The second-order valence-corrected chi connectivity index (χ2v) is 4.87. The van der Waals surface area contributed by atoms with E-state index in [1.54, 1.807) is 7.11 Å². The van der Waals surface area contributed by atoms with Crippen molar-refractivity contribution in [2.24, 2.45) is 0 Å². The molecule has 2 N–H and O–H groups in total. The van der Waals surface area contributed by atoms with Crippen LogP contribution in [-0.4, -0.2) is 24.1 Å². The first kappa shape index (κ1) is 15.1. The van der Waals surface area contributed by atoms with E-state index in [0.29, 0.717) is 0 Å². The fraction of sp³-hybridized carbons (Fsp3) is 0.375. The predicted molar refractivity (Wildman–Crippen MR) is 86.7 cm³/mol. The minimum atomic E-state index is 0.797.